The van der Waals surface area contributed by atoms with E-state index in [2.05, 4.69) is 19.0 Å². The monoisotopic (exact) mass is 908 g/mol. The highest BCUT2D eigenvalue weighted by molar-refractivity contribution is 7.81. The topological polar surface area (TPSA) is 452 Å². The molecule has 59 heavy (non-hydrogen) atoms. The molecule has 0 aliphatic carbocycles. The fourth-order valence-corrected chi connectivity index (χ4v) is 7.13. The molecule has 0 bridgehead atoms. The molecule has 4 heterocycles. The number of ether oxygens (including phenoxy) is 7. The summed E-state index contributed by atoms with van der Waals surface area (Å²) in [5.74, 6) is -1.64. The van der Waals surface area contributed by atoms with Gasteiger partial charge in [0.05, 0.1) is 26.4 Å². The number of hydrogen-bond acceptors (Lipinski definition) is 25. The molecule has 20 atom stereocenters. The molecule has 4 aliphatic heterocycles. The fraction of sp³-hybridized carbons (Fsp3) is 0.929. The van der Waals surface area contributed by atoms with Crippen LogP contribution in [0.4, 0.5) is 0 Å². The van der Waals surface area contributed by atoms with E-state index in [1.54, 1.807) is 0 Å². The van der Waals surface area contributed by atoms with Crippen molar-refractivity contribution in [2.45, 2.75) is 137 Å². The molecule has 344 valence electrons. The van der Waals surface area contributed by atoms with E-state index < -0.39 is 182 Å². The van der Waals surface area contributed by atoms with Crippen molar-refractivity contribution < 1.29 is 128 Å². The van der Waals surface area contributed by atoms with Crippen LogP contribution in [0.15, 0.2) is 0 Å². The summed E-state index contributed by atoms with van der Waals surface area (Å²) in [5.41, 5.74) is 0. The molecule has 0 spiro atoms. The summed E-state index contributed by atoms with van der Waals surface area (Å²) in [4.78, 5) is 24.4. The van der Waals surface area contributed by atoms with Crippen molar-refractivity contribution in [1.82, 2.24) is 10.6 Å². The highest BCUT2D eigenvalue weighted by atomic mass is 32.3. The zero-order valence-electron chi connectivity index (χ0n) is 30.7. The number of carbonyl (C=O) groups excluding carboxylic acids is 2. The Bertz CT molecular complexity index is 1630. The first kappa shape index (κ1) is 49.7. The second-order valence-electron chi connectivity index (χ2n) is 13.7. The van der Waals surface area contributed by atoms with Gasteiger partial charge < -0.3 is 94.9 Å². The summed E-state index contributed by atoms with van der Waals surface area (Å²) in [6.45, 7) is -2.06. The number of amides is 2. The van der Waals surface area contributed by atoms with Gasteiger partial charge in [-0.25, -0.2) is 8.37 Å². The van der Waals surface area contributed by atoms with Crippen LogP contribution in [0.5, 0.6) is 0 Å². The maximum Gasteiger partial charge on any atom is 0.397 e. The lowest BCUT2D eigenvalue weighted by molar-refractivity contribution is -0.353. The van der Waals surface area contributed by atoms with Crippen molar-refractivity contribution in [3.05, 3.63) is 0 Å². The Morgan fingerprint density at radius 1 is 0.525 bits per heavy atom. The molecule has 4 rings (SSSR count). The summed E-state index contributed by atoms with van der Waals surface area (Å²) in [6, 6.07) is -3.35. The van der Waals surface area contributed by atoms with Crippen molar-refractivity contribution in [1.29, 1.82) is 0 Å². The molecule has 2 amide bonds. The van der Waals surface area contributed by atoms with Crippen molar-refractivity contribution in [3.63, 3.8) is 0 Å². The van der Waals surface area contributed by atoms with Crippen LogP contribution in [0, 0.1) is 0 Å². The summed E-state index contributed by atoms with van der Waals surface area (Å²) < 4.78 is 110. The molecule has 0 saturated carbocycles. The van der Waals surface area contributed by atoms with Gasteiger partial charge in [-0.05, 0) is 0 Å². The highest BCUT2D eigenvalue weighted by Crippen LogP contribution is 2.33. The molecule has 14 N–H and O–H groups in total. The Kier molecular flexibility index (Phi) is 17.2. The Hall–Kier alpha value is -2.00. The zero-order valence-corrected chi connectivity index (χ0v) is 32.3. The van der Waals surface area contributed by atoms with Crippen molar-refractivity contribution in [2.24, 2.45) is 0 Å². The largest absolute Gasteiger partial charge is 0.397 e. The second kappa shape index (κ2) is 20.5. The number of rotatable bonds is 16. The Morgan fingerprint density at radius 2 is 0.915 bits per heavy atom. The normalized spacial score (nSPS) is 43.5. The number of carbonyl (C=O) groups is 2. The van der Waals surface area contributed by atoms with Gasteiger partial charge in [-0.3, -0.25) is 18.7 Å². The van der Waals surface area contributed by atoms with Gasteiger partial charge in [0.2, 0.25) is 11.8 Å². The van der Waals surface area contributed by atoms with Gasteiger partial charge >= 0.3 is 20.8 Å². The van der Waals surface area contributed by atoms with Crippen molar-refractivity contribution in [3.8, 4) is 0 Å². The molecule has 0 aromatic carbocycles. The van der Waals surface area contributed by atoms with Crippen LogP contribution in [-0.4, -0.2) is 238 Å². The summed E-state index contributed by atoms with van der Waals surface area (Å²) in [5, 5.41) is 111. The van der Waals surface area contributed by atoms with E-state index in [0.717, 1.165) is 13.8 Å². The van der Waals surface area contributed by atoms with Crippen LogP contribution in [0.25, 0.3) is 0 Å². The van der Waals surface area contributed by atoms with E-state index in [4.69, 9.17) is 42.3 Å². The average molecular weight is 909 g/mol. The lowest BCUT2D eigenvalue weighted by Gasteiger charge is -2.48. The summed E-state index contributed by atoms with van der Waals surface area (Å²) in [7, 11) is -10.2. The Morgan fingerprint density at radius 3 is 1.34 bits per heavy atom. The lowest BCUT2D eigenvalue weighted by Crippen LogP contribution is -2.69. The third-order valence-corrected chi connectivity index (χ3v) is 10.3. The molecule has 0 aromatic heterocycles. The molecule has 29 nitrogen and oxygen atoms in total. The molecule has 31 heteroatoms. The van der Waals surface area contributed by atoms with Gasteiger partial charge in [-0.2, -0.15) is 16.8 Å². The van der Waals surface area contributed by atoms with E-state index in [1.165, 1.54) is 0 Å². The number of aliphatic hydroxyl groups is 10. The smallest absolute Gasteiger partial charge is 0.394 e. The second-order valence-corrected chi connectivity index (χ2v) is 15.9. The van der Waals surface area contributed by atoms with E-state index in [1.807, 2.05) is 0 Å². The fourth-order valence-electron chi connectivity index (χ4n) is 6.52. The van der Waals surface area contributed by atoms with E-state index in [0.29, 0.717) is 0 Å². The van der Waals surface area contributed by atoms with Gasteiger partial charge in [0.1, 0.15) is 97.5 Å². The van der Waals surface area contributed by atoms with Gasteiger partial charge in [0.25, 0.3) is 0 Å². The first-order chi connectivity index (χ1) is 27.3. The minimum absolute atomic E-state index is 0.812. The number of aliphatic hydroxyl groups excluding tert-OH is 10. The summed E-state index contributed by atoms with van der Waals surface area (Å²) >= 11 is 0. The Labute approximate surface area is 334 Å². The highest BCUT2D eigenvalue weighted by Gasteiger charge is 2.54. The van der Waals surface area contributed by atoms with Crippen LogP contribution in [0.1, 0.15) is 13.8 Å². The van der Waals surface area contributed by atoms with Crippen LogP contribution < -0.4 is 10.6 Å². The molecule has 0 aromatic rings. The lowest BCUT2D eigenvalue weighted by atomic mass is 9.94. The first-order valence-electron chi connectivity index (χ1n) is 17.4. The van der Waals surface area contributed by atoms with E-state index in [9.17, 15) is 77.5 Å². The zero-order chi connectivity index (χ0) is 44.3. The van der Waals surface area contributed by atoms with Crippen molar-refractivity contribution in [2.75, 3.05) is 26.4 Å². The van der Waals surface area contributed by atoms with Gasteiger partial charge in [0.15, 0.2) is 25.2 Å². The van der Waals surface area contributed by atoms with E-state index in [-0.39, 0.29) is 0 Å². The molecule has 4 aliphatic rings. The third kappa shape index (κ3) is 12.8. The predicted octanol–water partition coefficient (Wildman–Crippen LogP) is -9.81. The maximum absolute atomic E-state index is 12.4. The average Bonchev–Trinajstić information content (AvgIpc) is 3.13. The maximum atomic E-state index is 12.4. The Balaban J connectivity index is 1.56. The number of nitrogens with one attached hydrogen (secondary N) is 2. The summed E-state index contributed by atoms with van der Waals surface area (Å²) in [6.07, 6.45) is -35.1. The quantitative estimate of drug-likeness (QED) is 0.0639. The number of hydrogen-bond donors (Lipinski definition) is 14. The first-order valence-corrected chi connectivity index (χ1v) is 20.1. The standard InChI is InChI=1S/C28H48N2O27S2/c1-7(32)29-13-23(56-27-21(40)19(38)15(34)11(54-27)5-50-58(43,44)45)18(37)10(52-25(13)42)4-49-26-14(30-8(2)33)24(17(36)9(3-31)53-26)57-28-22(41)20(39)16(35)12(55-28)6-51-59(46,47)48/h9-28,31,34-42H,3-6H2,1-2H3,(H,29,32)(H,30,33)(H,43,44,45)(H,46,47,48)/t9-,10-,11-,12-,13-,14-,15-,16-,17+,18+,19+,20+,21-,22-,23-,24-,25-,26-,27+,28+/m1/s1. The third-order valence-electron chi connectivity index (χ3n) is 9.39. The minimum atomic E-state index is -5.09. The molecule has 4 saturated heterocycles. The molecule has 0 unspecified atom stereocenters. The van der Waals surface area contributed by atoms with Gasteiger partial charge in [-0.15, -0.1) is 0 Å². The van der Waals surface area contributed by atoms with E-state index >= 15 is 0 Å². The minimum Gasteiger partial charge on any atom is -0.394 e. The van der Waals surface area contributed by atoms with Crippen molar-refractivity contribution >= 4 is 32.6 Å². The van der Waals surface area contributed by atoms with Gasteiger partial charge in [0, 0.05) is 13.8 Å². The van der Waals surface area contributed by atoms with Crippen LogP contribution in [0.3, 0.4) is 0 Å². The SMILES string of the molecule is CC(=O)N[C@@H]1[C@@H](O[C@@H]2O[C@H](COS(=O)(=O)O)[C@@H](O)[C@H](O)[C@H]2O)[C@@H](O)[C@@H](CO[C@@H]2O[C@H](CO)[C@H](O)[C@H](O[C@@H]3O[C@H](COS(=O)(=O)O)[C@@H](O)[C@H](O)[C@H]3O)[C@H]2NC(C)=O)O[C@H]1O. The predicted molar refractivity (Wildman–Crippen MR) is 178 cm³/mol. The van der Waals surface area contributed by atoms with Crippen LogP contribution in [-0.2, 0) is 71.9 Å². The molecular formula is C28H48N2O27S2. The van der Waals surface area contributed by atoms with Crippen LogP contribution >= 0.6 is 0 Å². The molecular weight excluding hydrogens is 860 g/mol. The molecule has 0 radical (unpaired) electrons. The van der Waals surface area contributed by atoms with Crippen LogP contribution in [0.2, 0.25) is 0 Å². The molecule has 4 fully saturated rings. The van der Waals surface area contributed by atoms with Gasteiger partial charge in [-0.1, -0.05) is 0 Å².